The fraction of sp³-hybridized carbons (Fsp3) is 0.333. The number of hydrogen-bond donors (Lipinski definition) is 1. The van der Waals surface area contributed by atoms with Crippen molar-refractivity contribution in [1.82, 2.24) is 25.3 Å². The average Bonchev–Trinajstić information content (AvgIpc) is 3.22. The number of carbonyl (C=O) groups excluding carboxylic acids is 1. The highest BCUT2D eigenvalue weighted by molar-refractivity contribution is 9.10. The molecule has 1 aliphatic rings. The molecule has 3 aromatic rings. The van der Waals surface area contributed by atoms with Gasteiger partial charge in [0.1, 0.15) is 0 Å². The minimum Gasteiger partial charge on any atom is -0.350 e. The molecule has 2 aromatic heterocycles. The van der Waals surface area contributed by atoms with E-state index in [1.54, 1.807) is 6.20 Å². The number of pyridine rings is 1. The van der Waals surface area contributed by atoms with Gasteiger partial charge in [-0.2, -0.15) is 4.98 Å². The number of carbonyl (C=O) groups is 1. The number of amides is 1. The van der Waals surface area contributed by atoms with Gasteiger partial charge in [-0.1, -0.05) is 39.3 Å². The number of nitrogens with one attached hydrogen (secondary N) is 1. The van der Waals surface area contributed by atoms with Gasteiger partial charge in [0.05, 0.1) is 18.8 Å². The lowest BCUT2D eigenvalue weighted by Gasteiger charge is -2.30. The number of piperidine rings is 1. The second-order valence-corrected chi connectivity index (χ2v) is 8.03. The molecule has 3 heterocycles. The predicted octanol–water partition coefficient (Wildman–Crippen LogP) is 3.42. The van der Waals surface area contributed by atoms with Gasteiger partial charge in [-0.05, 0) is 50.2 Å². The maximum Gasteiger partial charge on any atom is 0.241 e. The second-order valence-electron chi connectivity index (χ2n) is 7.11. The summed E-state index contributed by atoms with van der Waals surface area (Å²) in [5.41, 5.74) is 1.79. The standard InChI is InChI=1S/C21H22BrN5O2/c22-17-5-3-4-16(12-17)20-25-19(29-26-20)14-27-10-7-15(8-11-27)21(28)24-13-18-6-1-2-9-23-18/h1-6,9,12,15H,7-8,10-11,13-14H2,(H,24,28). The summed E-state index contributed by atoms with van der Waals surface area (Å²) in [7, 11) is 0. The van der Waals surface area contributed by atoms with E-state index in [2.05, 4.69) is 41.3 Å². The smallest absolute Gasteiger partial charge is 0.241 e. The molecule has 4 rings (SSSR count). The summed E-state index contributed by atoms with van der Waals surface area (Å²) in [4.78, 5) is 23.4. The number of aromatic nitrogens is 3. The molecule has 0 bridgehead atoms. The van der Waals surface area contributed by atoms with Crippen molar-refractivity contribution in [3.05, 3.63) is 64.7 Å². The molecule has 0 radical (unpaired) electrons. The number of rotatable bonds is 6. The van der Waals surface area contributed by atoms with Gasteiger partial charge < -0.3 is 9.84 Å². The highest BCUT2D eigenvalue weighted by atomic mass is 79.9. The van der Waals surface area contributed by atoms with Crippen LogP contribution in [0.4, 0.5) is 0 Å². The molecule has 1 fully saturated rings. The van der Waals surface area contributed by atoms with Crippen LogP contribution in [-0.4, -0.2) is 39.0 Å². The number of nitrogens with zero attached hydrogens (tertiary/aromatic N) is 4. The minimum atomic E-state index is 0.0369. The molecule has 0 spiro atoms. The second kappa shape index (κ2) is 9.28. The Bertz CT molecular complexity index is 954. The Labute approximate surface area is 177 Å². The summed E-state index contributed by atoms with van der Waals surface area (Å²) >= 11 is 3.46. The van der Waals surface area contributed by atoms with E-state index >= 15 is 0 Å². The lowest BCUT2D eigenvalue weighted by atomic mass is 9.96. The molecular weight excluding hydrogens is 434 g/mol. The monoisotopic (exact) mass is 455 g/mol. The Morgan fingerprint density at radius 3 is 2.83 bits per heavy atom. The van der Waals surface area contributed by atoms with Crippen LogP contribution in [0.3, 0.4) is 0 Å². The third-order valence-electron chi connectivity index (χ3n) is 5.04. The van der Waals surface area contributed by atoms with Gasteiger partial charge in [-0.15, -0.1) is 0 Å². The number of benzene rings is 1. The van der Waals surface area contributed by atoms with Crippen LogP contribution < -0.4 is 5.32 Å². The maximum atomic E-state index is 12.4. The number of hydrogen-bond acceptors (Lipinski definition) is 6. The molecule has 150 valence electrons. The van der Waals surface area contributed by atoms with E-state index < -0.39 is 0 Å². The topological polar surface area (TPSA) is 84.2 Å². The summed E-state index contributed by atoms with van der Waals surface area (Å²) in [5, 5.41) is 7.08. The van der Waals surface area contributed by atoms with Crippen LogP contribution in [0, 0.1) is 5.92 Å². The molecule has 1 N–H and O–H groups in total. The Balaban J connectivity index is 1.25. The summed E-state index contributed by atoms with van der Waals surface area (Å²) < 4.78 is 6.40. The molecule has 0 atom stereocenters. The molecule has 1 amide bonds. The van der Waals surface area contributed by atoms with Crippen LogP contribution in [-0.2, 0) is 17.9 Å². The van der Waals surface area contributed by atoms with Crippen molar-refractivity contribution in [2.75, 3.05) is 13.1 Å². The zero-order valence-electron chi connectivity index (χ0n) is 15.9. The molecule has 29 heavy (non-hydrogen) atoms. The third-order valence-corrected chi connectivity index (χ3v) is 5.53. The molecule has 0 unspecified atom stereocenters. The van der Waals surface area contributed by atoms with Gasteiger partial charge in [0.15, 0.2) is 0 Å². The molecule has 1 aliphatic heterocycles. The first-order valence-corrected chi connectivity index (χ1v) is 10.4. The molecule has 7 nitrogen and oxygen atoms in total. The van der Waals surface area contributed by atoms with E-state index in [9.17, 15) is 4.79 Å². The number of halogens is 1. The van der Waals surface area contributed by atoms with E-state index in [0.29, 0.717) is 24.8 Å². The van der Waals surface area contributed by atoms with Crippen molar-refractivity contribution in [3.63, 3.8) is 0 Å². The van der Waals surface area contributed by atoms with E-state index in [-0.39, 0.29) is 11.8 Å². The quantitative estimate of drug-likeness (QED) is 0.612. The first-order chi connectivity index (χ1) is 14.2. The zero-order chi connectivity index (χ0) is 20.1. The summed E-state index contributed by atoms with van der Waals surface area (Å²) in [5.74, 6) is 1.32. The fourth-order valence-electron chi connectivity index (χ4n) is 3.43. The lowest BCUT2D eigenvalue weighted by molar-refractivity contribution is -0.126. The van der Waals surface area contributed by atoms with Crippen molar-refractivity contribution in [2.24, 2.45) is 5.92 Å². The molecule has 0 aliphatic carbocycles. The molecule has 0 saturated carbocycles. The predicted molar refractivity (Wildman–Crippen MR) is 112 cm³/mol. The van der Waals surface area contributed by atoms with E-state index in [1.807, 2.05) is 42.5 Å². The van der Waals surface area contributed by atoms with Crippen LogP contribution >= 0.6 is 15.9 Å². The van der Waals surface area contributed by atoms with Crippen molar-refractivity contribution < 1.29 is 9.32 Å². The van der Waals surface area contributed by atoms with Crippen LogP contribution in [0.2, 0.25) is 0 Å². The zero-order valence-corrected chi connectivity index (χ0v) is 17.5. The largest absolute Gasteiger partial charge is 0.350 e. The molecular formula is C21H22BrN5O2. The highest BCUT2D eigenvalue weighted by Crippen LogP contribution is 2.22. The molecule has 8 heteroatoms. The Hall–Kier alpha value is -2.58. The van der Waals surface area contributed by atoms with E-state index in [1.165, 1.54) is 0 Å². The fourth-order valence-corrected chi connectivity index (χ4v) is 3.83. The Kier molecular flexibility index (Phi) is 6.31. The summed E-state index contributed by atoms with van der Waals surface area (Å²) in [6.07, 6.45) is 3.38. The summed E-state index contributed by atoms with van der Waals surface area (Å²) in [6.45, 7) is 2.73. The van der Waals surface area contributed by atoms with Crippen LogP contribution in [0.1, 0.15) is 24.4 Å². The van der Waals surface area contributed by atoms with Crippen molar-refractivity contribution in [2.45, 2.75) is 25.9 Å². The van der Waals surface area contributed by atoms with E-state index in [4.69, 9.17) is 4.52 Å². The van der Waals surface area contributed by atoms with Crippen LogP contribution in [0.5, 0.6) is 0 Å². The summed E-state index contributed by atoms with van der Waals surface area (Å²) in [6, 6.07) is 13.5. The Morgan fingerprint density at radius 1 is 1.21 bits per heavy atom. The Morgan fingerprint density at radius 2 is 2.07 bits per heavy atom. The van der Waals surface area contributed by atoms with Gasteiger partial charge in [-0.25, -0.2) is 0 Å². The first-order valence-electron chi connectivity index (χ1n) is 9.66. The third kappa shape index (κ3) is 5.27. The van der Waals surface area contributed by atoms with Gasteiger partial charge >= 0.3 is 0 Å². The van der Waals surface area contributed by atoms with E-state index in [0.717, 1.165) is 41.7 Å². The van der Waals surface area contributed by atoms with Crippen molar-refractivity contribution >= 4 is 21.8 Å². The van der Waals surface area contributed by atoms with Crippen molar-refractivity contribution in [1.29, 1.82) is 0 Å². The van der Waals surface area contributed by atoms with Gasteiger partial charge in [-0.3, -0.25) is 14.7 Å². The highest BCUT2D eigenvalue weighted by Gasteiger charge is 2.26. The molecule has 1 aromatic carbocycles. The number of likely N-dealkylation sites (tertiary alicyclic amines) is 1. The van der Waals surface area contributed by atoms with Gasteiger partial charge in [0.2, 0.25) is 17.6 Å². The van der Waals surface area contributed by atoms with Crippen molar-refractivity contribution in [3.8, 4) is 11.4 Å². The van der Waals surface area contributed by atoms with Gasteiger partial charge in [0.25, 0.3) is 0 Å². The van der Waals surface area contributed by atoms with Crippen LogP contribution in [0.25, 0.3) is 11.4 Å². The average molecular weight is 456 g/mol. The van der Waals surface area contributed by atoms with Gasteiger partial charge in [0, 0.05) is 22.2 Å². The first kappa shape index (κ1) is 19.7. The van der Waals surface area contributed by atoms with Crippen LogP contribution in [0.15, 0.2) is 57.7 Å². The normalized spacial score (nSPS) is 15.3. The SMILES string of the molecule is O=C(NCc1ccccn1)C1CCN(Cc2nc(-c3cccc(Br)c3)no2)CC1. The maximum absolute atomic E-state index is 12.4. The minimum absolute atomic E-state index is 0.0369. The lowest BCUT2D eigenvalue weighted by Crippen LogP contribution is -2.40. The molecule has 1 saturated heterocycles.